The van der Waals surface area contributed by atoms with Crippen LogP contribution >= 0.6 is 0 Å². The molecule has 0 saturated heterocycles. The van der Waals surface area contributed by atoms with Gasteiger partial charge in [-0.15, -0.1) is 0 Å². The predicted molar refractivity (Wildman–Crippen MR) is 118 cm³/mol. The van der Waals surface area contributed by atoms with Crippen LogP contribution in [0.5, 0.6) is 0 Å². The summed E-state index contributed by atoms with van der Waals surface area (Å²) in [6.07, 6.45) is 22.3. The number of carbonyl (C=O) groups excluding carboxylic acids is 1. The van der Waals surface area contributed by atoms with Crippen LogP contribution in [-0.2, 0) is 9.53 Å². The van der Waals surface area contributed by atoms with E-state index in [2.05, 4.69) is 12.2 Å². The summed E-state index contributed by atoms with van der Waals surface area (Å²) in [6.45, 7) is 8.28. The number of carbonyl (C=O) groups is 1. The first-order valence-electron chi connectivity index (χ1n) is 11.8. The molecule has 3 nitrogen and oxygen atoms in total. The highest BCUT2D eigenvalue weighted by Crippen LogP contribution is 2.13. The molecule has 160 valence electrons. The summed E-state index contributed by atoms with van der Waals surface area (Å²) in [5, 5.41) is 3.15. The van der Waals surface area contributed by atoms with E-state index >= 15 is 0 Å². The maximum absolute atomic E-state index is 11.8. The normalized spacial score (nSPS) is 11.7. The van der Waals surface area contributed by atoms with Gasteiger partial charge in [0.05, 0.1) is 0 Å². The lowest BCUT2D eigenvalue weighted by Gasteiger charge is -2.05. The van der Waals surface area contributed by atoms with Crippen LogP contribution < -0.4 is 5.32 Å². The fourth-order valence-electron chi connectivity index (χ4n) is 3.25. The third kappa shape index (κ3) is 19.7. The lowest BCUT2D eigenvalue weighted by Crippen LogP contribution is -2.21. The Kier molecular flexibility index (Phi) is 20.8. The molecule has 0 aliphatic rings. The molecule has 0 aromatic rings. The van der Waals surface area contributed by atoms with E-state index in [0.29, 0.717) is 6.61 Å². The molecule has 0 spiro atoms. The third-order valence-electron chi connectivity index (χ3n) is 5.09. The molecule has 27 heavy (non-hydrogen) atoms. The standard InChI is InChI=1S/C24H47NO2/c1-4-6-7-8-9-10-11-12-13-14-15-16-17-18-19-20-23(3)24(26)27-22-21-25-5-2/h20,25H,4-19,21-22H2,1-3H3. The molecule has 0 aliphatic carbocycles. The van der Waals surface area contributed by atoms with Gasteiger partial charge in [0.1, 0.15) is 6.61 Å². The van der Waals surface area contributed by atoms with Gasteiger partial charge in [-0.2, -0.15) is 0 Å². The van der Waals surface area contributed by atoms with Gasteiger partial charge < -0.3 is 10.1 Å². The van der Waals surface area contributed by atoms with Crippen molar-refractivity contribution < 1.29 is 9.53 Å². The first-order chi connectivity index (χ1) is 13.2. The molecule has 0 amide bonds. The maximum Gasteiger partial charge on any atom is 0.333 e. The van der Waals surface area contributed by atoms with Crippen LogP contribution in [0.2, 0.25) is 0 Å². The van der Waals surface area contributed by atoms with Gasteiger partial charge in [-0.25, -0.2) is 4.79 Å². The summed E-state index contributed by atoms with van der Waals surface area (Å²) in [6, 6.07) is 0. The molecule has 0 aromatic carbocycles. The van der Waals surface area contributed by atoms with Gasteiger partial charge >= 0.3 is 5.97 Å². The molecular weight excluding hydrogens is 334 g/mol. The van der Waals surface area contributed by atoms with Gasteiger partial charge in [-0.05, 0) is 26.3 Å². The summed E-state index contributed by atoms with van der Waals surface area (Å²) in [4.78, 5) is 11.8. The average molecular weight is 382 g/mol. The van der Waals surface area contributed by atoms with Gasteiger partial charge in [-0.3, -0.25) is 0 Å². The summed E-state index contributed by atoms with van der Waals surface area (Å²) in [5.74, 6) is -0.168. The van der Waals surface area contributed by atoms with Crippen LogP contribution in [0.3, 0.4) is 0 Å². The Morgan fingerprint density at radius 3 is 1.74 bits per heavy atom. The Balaban J connectivity index is 3.32. The van der Waals surface area contributed by atoms with E-state index in [-0.39, 0.29) is 5.97 Å². The minimum atomic E-state index is -0.168. The molecule has 0 bridgehead atoms. The number of likely N-dealkylation sites (N-methyl/N-ethyl adjacent to an activating group) is 1. The predicted octanol–water partition coefficient (Wildman–Crippen LogP) is 6.96. The Hall–Kier alpha value is -0.830. The van der Waals surface area contributed by atoms with Crippen LogP contribution in [-0.4, -0.2) is 25.7 Å². The number of nitrogens with one attached hydrogen (secondary N) is 1. The Morgan fingerprint density at radius 1 is 0.778 bits per heavy atom. The van der Waals surface area contributed by atoms with E-state index in [1.807, 2.05) is 19.9 Å². The highest BCUT2D eigenvalue weighted by molar-refractivity contribution is 5.87. The number of ether oxygens (including phenoxy) is 1. The van der Waals surface area contributed by atoms with E-state index in [1.54, 1.807) is 0 Å². The van der Waals surface area contributed by atoms with Crippen LogP contribution in [0.25, 0.3) is 0 Å². The minimum Gasteiger partial charge on any atom is -0.461 e. The zero-order valence-corrected chi connectivity index (χ0v) is 18.6. The minimum absolute atomic E-state index is 0.168. The summed E-state index contributed by atoms with van der Waals surface area (Å²) in [5.41, 5.74) is 0.751. The van der Waals surface area contributed by atoms with E-state index in [1.165, 1.54) is 89.9 Å². The zero-order chi connectivity index (χ0) is 20.0. The van der Waals surface area contributed by atoms with Crippen molar-refractivity contribution in [2.24, 2.45) is 0 Å². The van der Waals surface area contributed by atoms with Crippen molar-refractivity contribution in [1.82, 2.24) is 5.32 Å². The molecule has 0 atom stereocenters. The molecule has 0 aliphatic heterocycles. The lowest BCUT2D eigenvalue weighted by molar-refractivity contribution is -0.138. The van der Waals surface area contributed by atoms with Crippen LogP contribution in [0.1, 0.15) is 117 Å². The van der Waals surface area contributed by atoms with Crippen molar-refractivity contribution in [1.29, 1.82) is 0 Å². The Labute approximate surface area is 169 Å². The van der Waals surface area contributed by atoms with Crippen molar-refractivity contribution >= 4 is 5.97 Å². The van der Waals surface area contributed by atoms with E-state index in [0.717, 1.165) is 25.1 Å². The quantitative estimate of drug-likeness (QED) is 0.141. The first-order valence-corrected chi connectivity index (χ1v) is 11.8. The van der Waals surface area contributed by atoms with Gasteiger partial charge in [0.2, 0.25) is 0 Å². The van der Waals surface area contributed by atoms with Crippen molar-refractivity contribution in [3.63, 3.8) is 0 Å². The molecule has 0 heterocycles. The van der Waals surface area contributed by atoms with Crippen molar-refractivity contribution in [3.05, 3.63) is 11.6 Å². The van der Waals surface area contributed by atoms with Crippen molar-refractivity contribution in [3.8, 4) is 0 Å². The molecule has 0 radical (unpaired) electrons. The highest BCUT2D eigenvalue weighted by atomic mass is 16.5. The highest BCUT2D eigenvalue weighted by Gasteiger charge is 2.04. The monoisotopic (exact) mass is 381 g/mol. The first kappa shape index (κ1) is 26.2. The van der Waals surface area contributed by atoms with Gasteiger partial charge in [0.15, 0.2) is 0 Å². The van der Waals surface area contributed by atoms with Crippen molar-refractivity contribution in [2.75, 3.05) is 19.7 Å². The van der Waals surface area contributed by atoms with E-state index in [4.69, 9.17) is 4.74 Å². The van der Waals surface area contributed by atoms with Gasteiger partial charge in [0.25, 0.3) is 0 Å². The molecule has 0 unspecified atom stereocenters. The number of hydrogen-bond donors (Lipinski definition) is 1. The molecule has 0 aromatic heterocycles. The molecule has 0 saturated carbocycles. The Morgan fingerprint density at radius 2 is 1.26 bits per heavy atom. The number of hydrogen-bond acceptors (Lipinski definition) is 3. The smallest absolute Gasteiger partial charge is 0.333 e. The topological polar surface area (TPSA) is 38.3 Å². The van der Waals surface area contributed by atoms with Crippen LogP contribution in [0, 0.1) is 0 Å². The van der Waals surface area contributed by atoms with Gasteiger partial charge in [-0.1, -0.05) is 103 Å². The largest absolute Gasteiger partial charge is 0.461 e. The van der Waals surface area contributed by atoms with Crippen LogP contribution in [0.15, 0.2) is 11.6 Å². The summed E-state index contributed by atoms with van der Waals surface area (Å²) in [7, 11) is 0. The second-order valence-corrected chi connectivity index (χ2v) is 7.76. The molecule has 3 heteroatoms. The second kappa shape index (κ2) is 21.5. The van der Waals surface area contributed by atoms with E-state index < -0.39 is 0 Å². The molecular formula is C24H47NO2. The molecule has 0 rings (SSSR count). The number of unbranched alkanes of at least 4 members (excludes halogenated alkanes) is 14. The van der Waals surface area contributed by atoms with Crippen molar-refractivity contribution in [2.45, 2.75) is 117 Å². The number of rotatable bonds is 20. The average Bonchev–Trinajstić information content (AvgIpc) is 2.67. The number of allylic oxidation sites excluding steroid dienone is 1. The number of esters is 1. The van der Waals surface area contributed by atoms with E-state index in [9.17, 15) is 4.79 Å². The fourth-order valence-corrected chi connectivity index (χ4v) is 3.25. The maximum atomic E-state index is 11.8. The third-order valence-corrected chi connectivity index (χ3v) is 5.09. The second-order valence-electron chi connectivity index (χ2n) is 7.76. The SMILES string of the molecule is CCCCCCCCCCCCCCCCC=C(C)C(=O)OCCNCC. The zero-order valence-electron chi connectivity index (χ0n) is 18.6. The molecule has 1 N–H and O–H groups in total. The van der Waals surface area contributed by atoms with Gasteiger partial charge in [0, 0.05) is 12.1 Å². The fraction of sp³-hybridized carbons (Fsp3) is 0.875. The Bertz CT molecular complexity index is 352. The summed E-state index contributed by atoms with van der Waals surface area (Å²) >= 11 is 0. The van der Waals surface area contributed by atoms with Crippen LogP contribution in [0.4, 0.5) is 0 Å². The summed E-state index contributed by atoms with van der Waals surface area (Å²) < 4.78 is 5.21. The molecule has 0 fully saturated rings. The lowest BCUT2D eigenvalue weighted by atomic mass is 10.0.